The summed E-state index contributed by atoms with van der Waals surface area (Å²) in [6.45, 7) is 1.66. The number of H-pyrrole nitrogens is 1. The number of carbonyl (C=O) groups is 2. The van der Waals surface area contributed by atoms with Gasteiger partial charge in [0.2, 0.25) is 0 Å². The maximum Gasteiger partial charge on any atom is 0.341 e. The lowest BCUT2D eigenvalue weighted by atomic mass is 9.87. The predicted octanol–water partition coefficient (Wildman–Crippen LogP) is 5.49. The molecule has 0 aliphatic rings. The van der Waals surface area contributed by atoms with E-state index in [2.05, 4.69) is 23.2 Å². The molecule has 0 spiro atoms. The molecule has 0 bridgehead atoms. The molecular weight excluding hydrogens is 444 g/mol. The van der Waals surface area contributed by atoms with Crippen molar-refractivity contribution in [2.45, 2.75) is 13.3 Å². The van der Waals surface area contributed by atoms with Gasteiger partial charge in [-0.3, -0.25) is 5.10 Å². The summed E-state index contributed by atoms with van der Waals surface area (Å²) in [5, 5.41) is 26.0. The van der Waals surface area contributed by atoms with E-state index < -0.39 is 18.5 Å². The molecule has 35 heavy (non-hydrogen) atoms. The third kappa shape index (κ3) is 5.65. The van der Waals surface area contributed by atoms with Gasteiger partial charge in [0.05, 0.1) is 11.7 Å². The second-order valence-electron chi connectivity index (χ2n) is 7.88. The lowest BCUT2D eigenvalue weighted by Gasteiger charge is -2.17. The summed E-state index contributed by atoms with van der Waals surface area (Å²) in [5.74, 6) is -1.55. The number of ether oxygens (including phenoxy) is 1. The average Bonchev–Trinajstić information content (AvgIpc) is 3.33. The monoisotopic (exact) mass is 468 g/mol. The Morgan fingerprint density at radius 1 is 0.971 bits per heavy atom. The summed E-state index contributed by atoms with van der Waals surface area (Å²) in [4.78, 5) is 21.8. The number of nitrogens with one attached hydrogen (secondary N) is 1. The van der Waals surface area contributed by atoms with Crippen LogP contribution in [-0.4, -0.2) is 39.0 Å². The molecule has 0 saturated heterocycles. The largest absolute Gasteiger partial charge is 0.482 e. The van der Waals surface area contributed by atoms with Gasteiger partial charge in [-0.2, -0.15) is 5.10 Å². The zero-order valence-corrected chi connectivity index (χ0v) is 19.1. The first-order valence-electron chi connectivity index (χ1n) is 11.1. The van der Waals surface area contributed by atoms with Gasteiger partial charge in [-0.1, -0.05) is 49.4 Å². The first kappa shape index (κ1) is 23.5. The van der Waals surface area contributed by atoms with E-state index in [1.807, 2.05) is 54.6 Å². The number of fused-ring (bicyclic) bond motifs is 1. The third-order valence-corrected chi connectivity index (χ3v) is 5.55. The van der Waals surface area contributed by atoms with Crippen LogP contribution in [0.25, 0.3) is 28.1 Å². The number of hydrogen-bond donors (Lipinski definition) is 3. The van der Waals surface area contributed by atoms with Crippen molar-refractivity contribution in [3.8, 4) is 5.75 Å². The topological polar surface area (TPSA) is 113 Å². The van der Waals surface area contributed by atoms with Gasteiger partial charge in [0.1, 0.15) is 5.75 Å². The summed E-state index contributed by atoms with van der Waals surface area (Å²) in [7, 11) is 0. The molecule has 0 atom stereocenters. The number of hydrogen-bond acceptors (Lipinski definition) is 4. The van der Waals surface area contributed by atoms with Crippen molar-refractivity contribution in [1.82, 2.24) is 10.2 Å². The minimum atomic E-state index is -1.03. The summed E-state index contributed by atoms with van der Waals surface area (Å²) in [6, 6.07) is 21.2. The molecule has 0 aliphatic carbocycles. The molecule has 1 heterocycles. The molecule has 0 saturated carbocycles. The van der Waals surface area contributed by atoms with Crippen LogP contribution in [0, 0.1) is 0 Å². The van der Waals surface area contributed by atoms with Gasteiger partial charge in [-0.05, 0) is 70.2 Å². The van der Waals surface area contributed by atoms with Gasteiger partial charge in [0.15, 0.2) is 6.61 Å². The summed E-state index contributed by atoms with van der Waals surface area (Å²) >= 11 is 0. The van der Waals surface area contributed by atoms with E-state index in [0.29, 0.717) is 12.2 Å². The van der Waals surface area contributed by atoms with Gasteiger partial charge < -0.3 is 14.9 Å². The lowest BCUT2D eigenvalue weighted by Crippen LogP contribution is -2.09. The zero-order chi connectivity index (χ0) is 24.8. The van der Waals surface area contributed by atoms with Crippen LogP contribution in [0.2, 0.25) is 0 Å². The average molecular weight is 469 g/mol. The van der Waals surface area contributed by atoms with Crippen LogP contribution in [0.4, 0.5) is 0 Å². The lowest BCUT2D eigenvalue weighted by molar-refractivity contribution is -0.139. The van der Waals surface area contributed by atoms with Crippen molar-refractivity contribution in [3.05, 3.63) is 101 Å². The van der Waals surface area contributed by atoms with Crippen LogP contribution in [-0.2, 0) is 9.59 Å². The van der Waals surface area contributed by atoms with Crippen molar-refractivity contribution in [2.24, 2.45) is 0 Å². The Hall–Kier alpha value is -4.65. The number of allylic oxidation sites excluding steroid dienone is 1. The van der Waals surface area contributed by atoms with E-state index in [1.54, 1.807) is 18.3 Å². The number of aromatic nitrogens is 2. The number of carboxylic acids is 2. The highest BCUT2D eigenvalue weighted by Crippen LogP contribution is 2.36. The second-order valence-corrected chi connectivity index (χ2v) is 7.88. The van der Waals surface area contributed by atoms with Crippen LogP contribution in [0.1, 0.15) is 35.6 Å². The predicted molar refractivity (Wildman–Crippen MR) is 135 cm³/mol. The van der Waals surface area contributed by atoms with Crippen LogP contribution in [0.3, 0.4) is 0 Å². The summed E-state index contributed by atoms with van der Waals surface area (Å²) in [5.41, 5.74) is 6.68. The Kier molecular flexibility index (Phi) is 7.07. The normalized spacial score (nSPS) is 12.0. The number of benzene rings is 3. The molecule has 0 fully saturated rings. The van der Waals surface area contributed by atoms with Crippen molar-refractivity contribution in [3.63, 3.8) is 0 Å². The van der Waals surface area contributed by atoms with E-state index in [0.717, 1.165) is 50.4 Å². The minimum absolute atomic E-state index is 0.413. The van der Waals surface area contributed by atoms with Crippen LogP contribution in [0.15, 0.2) is 79.0 Å². The summed E-state index contributed by atoms with van der Waals surface area (Å²) in [6.07, 6.45) is 5.15. The molecule has 3 N–H and O–H groups in total. The SMILES string of the molecule is CCC(=C(c1ccc(C=CC(=O)O)cc1)c1ccc2[nH]ncc2c1)c1cccc(OCC(=O)O)c1. The maximum atomic E-state index is 10.9. The van der Waals surface area contributed by atoms with Crippen molar-refractivity contribution in [2.75, 3.05) is 6.61 Å². The molecular formula is C28H24N2O5. The molecule has 7 nitrogen and oxygen atoms in total. The van der Waals surface area contributed by atoms with E-state index >= 15 is 0 Å². The van der Waals surface area contributed by atoms with Crippen LogP contribution >= 0.6 is 0 Å². The van der Waals surface area contributed by atoms with E-state index in [9.17, 15) is 9.59 Å². The molecule has 0 unspecified atom stereocenters. The fourth-order valence-corrected chi connectivity index (χ4v) is 3.99. The van der Waals surface area contributed by atoms with E-state index in [1.165, 1.54) is 0 Å². The second kappa shape index (κ2) is 10.5. The van der Waals surface area contributed by atoms with Gasteiger partial charge in [-0.15, -0.1) is 0 Å². The molecule has 176 valence electrons. The summed E-state index contributed by atoms with van der Waals surface area (Å²) < 4.78 is 5.41. The zero-order valence-electron chi connectivity index (χ0n) is 19.1. The molecule has 3 aromatic carbocycles. The minimum Gasteiger partial charge on any atom is -0.482 e. The molecule has 0 radical (unpaired) electrons. The first-order valence-corrected chi connectivity index (χ1v) is 11.1. The standard InChI is InChI=1S/C28H24N2O5/c1-2-24(20-4-3-5-23(15-20)35-17-27(33)34)28(21-11-12-25-22(14-21)16-29-30-25)19-9-6-18(7-10-19)8-13-26(31)32/h3-16H,2,17H2,1H3,(H,29,30)(H,31,32)(H,33,34). The van der Waals surface area contributed by atoms with Crippen molar-refractivity contribution in [1.29, 1.82) is 0 Å². The quantitative estimate of drug-likeness (QED) is 0.221. The molecule has 0 aliphatic heterocycles. The van der Waals surface area contributed by atoms with Crippen LogP contribution in [0.5, 0.6) is 5.75 Å². The Morgan fingerprint density at radius 3 is 2.46 bits per heavy atom. The number of rotatable bonds is 9. The number of aromatic amines is 1. The molecule has 4 aromatic rings. The Morgan fingerprint density at radius 2 is 1.74 bits per heavy atom. The van der Waals surface area contributed by atoms with Gasteiger partial charge in [0, 0.05) is 11.5 Å². The molecule has 4 rings (SSSR count). The molecule has 0 amide bonds. The Labute approximate surface area is 202 Å². The Balaban J connectivity index is 1.86. The number of nitrogens with zero attached hydrogens (tertiary/aromatic N) is 1. The van der Waals surface area contributed by atoms with Gasteiger partial charge in [0.25, 0.3) is 0 Å². The fourth-order valence-electron chi connectivity index (χ4n) is 3.99. The highest BCUT2D eigenvalue weighted by Gasteiger charge is 2.15. The third-order valence-electron chi connectivity index (χ3n) is 5.55. The van der Waals surface area contributed by atoms with Crippen LogP contribution < -0.4 is 4.74 Å². The fraction of sp³-hybridized carbons (Fsp3) is 0.107. The highest BCUT2D eigenvalue weighted by molar-refractivity contribution is 6.00. The molecule has 7 heteroatoms. The van der Waals surface area contributed by atoms with Gasteiger partial charge >= 0.3 is 11.9 Å². The molecule has 1 aromatic heterocycles. The smallest absolute Gasteiger partial charge is 0.341 e. The Bertz CT molecular complexity index is 1430. The van der Waals surface area contributed by atoms with E-state index in [4.69, 9.17) is 14.9 Å². The first-order chi connectivity index (χ1) is 16.9. The van der Waals surface area contributed by atoms with Gasteiger partial charge in [-0.25, -0.2) is 9.59 Å². The van der Waals surface area contributed by atoms with Crippen molar-refractivity contribution < 1.29 is 24.5 Å². The highest BCUT2D eigenvalue weighted by atomic mass is 16.5. The number of aliphatic carboxylic acids is 2. The number of carboxylic acid groups (broad SMARTS) is 2. The maximum absolute atomic E-state index is 10.9. The van der Waals surface area contributed by atoms with Crippen molar-refractivity contribution >= 4 is 40.1 Å². The van der Waals surface area contributed by atoms with E-state index in [-0.39, 0.29) is 0 Å².